The minimum absolute atomic E-state index is 0.0237. The number of carbonyl (C=O) groups excluding carboxylic acids is 1. The van der Waals surface area contributed by atoms with Crippen LogP contribution in [0.15, 0.2) is 42.6 Å². The molecule has 1 amide bonds. The lowest BCUT2D eigenvalue weighted by molar-refractivity contribution is -0.120. The molecule has 0 fully saturated rings. The quantitative estimate of drug-likeness (QED) is 0.601. The molecule has 0 bridgehead atoms. The van der Waals surface area contributed by atoms with E-state index in [0.29, 0.717) is 17.9 Å². The van der Waals surface area contributed by atoms with Gasteiger partial charge in [0.15, 0.2) is 0 Å². The smallest absolute Gasteiger partial charge is 0.228 e. The van der Waals surface area contributed by atoms with E-state index in [2.05, 4.69) is 17.2 Å². The lowest BCUT2D eigenvalue weighted by Crippen LogP contribution is -2.23. The van der Waals surface area contributed by atoms with Crippen LogP contribution >= 0.6 is 0 Å². The molecular formula is C21H23F2N3O. The largest absolute Gasteiger partial charge is 0.310 e. The molecule has 3 rings (SSSR count). The minimum atomic E-state index is -0.590. The van der Waals surface area contributed by atoms with Crippen LogP contribution in [0.5, 0.6) is 0 Å². The summed E-state index contributed by atoms with van der Waals surface area (Å²) < 4.78 is 29.8. The minimum Gasteiger partial charge on any atom is -0.310 e. The molecule has 2 heterocycles. The summed E-state index contributed by atoms with van der Waals surface area (Å²) >= 11 is 0. The molecule has 3 aromatic rings. The van der Waals surface area contributed by atoms with Gasteiger partial charge in [0.1, 0.15) is 28.8 Å². The summed E-state index contributed by atoms with van der Waals surface area (Å²) in [7, 11) is 0. The van der Waals surface area contributed by atoms with Gasteiger partial charge in [-0.2, -0.15) is 0 Å². The fourth-order valence-corrected chi connectivity index (χ4v) is 3.17. The third-order valence-corrected chi connectivity index (χ3v) is 4.72. The molecule has 27 heavy (non-hydrogen) atoms. The Balaban J connectivity index is 2.06. The van der Waals surface area contributed by atoms with E-state index in [1.165, 1.54) is 0 Å². The number of nitrogens with zero attached hydrogens (tertiary/aromatic N) is 2. The number of fused-ring (bicyclic) bond motifs is 1. The topological polar surface area (TPSA) is 46.4 Å². The average molecular weight is 371 g/mol. The van der Waals surface area contributed by atoms with Crippen molar-refractivity contribution in [3.63, 3.8) is 0 Å². The summed E-state index contributed by atoms with van der Waals surface area (Å²) in [5.41, 5.74) is 0.792. The highest BCUT2D eigenvalue weighted by Crippen LogP contribution is 2.32. The third kappa shape index (κ3) is 3.99. The van der Waals surface area contributed by atoms with Crippen LogP contribution in [-0.2, 0) is 4.79 Å². The number of hydrogen-bond donors (Lipinski definition) is 1. The lowest BCUT2D eigenvalue weighted by atomic mass is 9.98. The molecule has 0 saturated heterocycles. The van der Waals surface area contributed by atoms with Gasteiger partial charge in [0.2, 0.25) is 5.91 Å². The molecule has 0 aliphatic rings. The maximum atomic E-state index is 14.4. The zero-order valence-corrected chi connectivity index (χ0v) is 15.5. The SMILES string of the molecule is CCCCC(CC)C(=O)Nc1c(-c2cc(F)ccc2F)nc2ccccn12. The molecule has 1 aromatic carbocycles. The highest BCUT2D eigenvalue weighted by Gasteiger charge is 2.22. The van der Waals surface area contributed by atoms with Crippen LogP contribution < -0.4 is 5.32 Å². The Hall–Kier alpha value is -2.76. The maximum absolute atomic E-state index is 14.4. The van der Waals surface area contributed by atoms with Gasteiger partial charge in [-0.1, -0.05) is 32.8 Å². The molecule has 6 heteroatoms. The summed E-state index contributed by atoms with van der Waals surface area (Å²) in [5, 5.41) is 2.91. The Morgan fingerprint density at radius 1 is 1.22 bits per heavy atom. The maximum Gasteiger partial charge on any atom is 0.228 e. The Morgan fingerprint density at radius 2 is 2.04 bits per heavy atom. The number of imidazole rings is 1. The van der Waals surface area contributed by atoms with Crippen LogP contribution in [0.3, 0.4) is 0 Å². The van der Waals surface area contributed by atoms with E-state index in [0.717, 1.165) is 37.5 Å². The number of nitrogens with one attached hydrogen (secondary N) is 1. The molecule has 1 N–H and O–H groups in total. The molecule has 142 valence electrons. The van der Waals surface area contributed by atoms with Gasteiger partial charge in [-0.05, 0) is 43.2 Å². The van der Waals surface area contributed by atoms with Gasteiger partial charge in [-0.25, -0.2) is 13.8 Å². The zero-order valence-electron chi connectivity index (χ0n) is 15.5. The summed E-state index contributed by atoms with van der Waals surface area (Å²) in [5.74, 6) is -1.06. The van der Waals surface area contributed by atoms with Gasteiger partial charge >= 0.3 is 0 Å². The number of unbranched alkanes of at least 4 members (excludes halogenated alkanes) is 1. The first-order valence-electron chi connectivity index (χ1n) is 9.28. The van der Waals surface area contributed by atoms with E-state index < -0.39 is 11.6 Å². The van der Waals surface area contributed by atoms with Crippen LogP contribution in [0.1, 0.15) is 39.5 Å². The van der Waals surface area contributed by atoms with Crippen molar-refractivity contribution >= 4 is 17.4 Å². The van der Waals surface area contributed by atoms with Crippen LogP contribution in [-0.4, -0.2) is 15.3 Å². The number of hydrogen-bond acceptors (Lipinski definition) is 2. The predicted molar refractivity (Wildman–Crippen MR) is 102 cm³/mol. The molecule has 1 atom stereocenters. The number of anilines is 1. The molecule has 0 spiro atoms. The number of pyridine rings is 1. The second kappa shape index (κ2) is 8.29. The first-order valence-corrected chi connectivity index (χ1v) is 9.28. The summed E-state index contributed by atoms with van der Waals surface area (Å²) in [6, 6.07) is 8.58. The van der Waals surface area contributed by atoms with Crippen LogP contribution in [0.25, 0.3) is 16.9 Å². The van der Waals surface area contributed by atoms with Crippen LogP contribution in [0, 0.1) is 17.6 Å². The average Bonchev–Trinajstić information content (AvgIpc) is 3.02. The van der Waals surface area contributed by atoms with Crippen molar-refractivity contribution < 1.29 is 13.6 Å². The van der Waals surface area contributed by atoms with Crippen LogP contribution in [0.2, 0.25) is 0 Å². The number of benzene rings is 1. The fraction of sp³-hybridized carbons (Fsp3) is 0.333. The number of carbonyl (C=O) groups is 1. The first kappa shape index (κ1) is 19.0. The second-order valence-corrected chi connectivity index (χ2v) is 6.60. The van der Waals surface area contributed by atoms with Crippen molar-refractivity contribution in [3.8, 4) is 11.3 Å². The number of amides is 1. The van der Waals surface area contributed by atoms with Gasteiger partial charge in [-0.15, -0.1) is 0 Å². The summed E-state index contributed by atoms with van der Waals surface area (Å²) in [6.45, 7) is 4.06. The molecule has 0 saturated carbocycles. The van der Waals surface area contributed by atoms with Crippen molar-refractivity contribution in [1.82, 2.24) is 9.38 Å². The number of aromatic nitrogens is 2. The Bertz CT molecular complexity index is 952. The fourth-order valence-electron chi connectivity index (χ4n) is 3.17. The van der Waals surface area contributed by atoms with E-state index in [1.54, 1.807) is 28.8 Å². The number of rotatable bonds is 7. The number of halogens is 2. The normalized spacial score (nSPS) is 12.3. The van der Waals surface area contributed by atoms with Crippen molar-refractivity contribution in [3.05, 3.63) is 54.2 Å². The molecule has 0 radical (unpaired) electrons. The molecular weight excluding hydrogens is 348 g/mol. The Kier molecular flexibility index (Phi) is 5.84. The first-order chi connectivity index (χ1) is 13.0. The van der Waals surface area contributed by atoms with Crippen molar-refractivity contribution in [1.29, 1.82) is 0 Å². The van der Waals surface area contributed by atoms with E-state index >= 15 is 0 Å². The summed E-state index contributed by atoms with van der Waals surface area (Å²) in [4.78, 5) is 17.2. The standard InChI is InChI=1S/C21H23F2N3O/c1-3-5-8-14(4-2)21(27)25-20-19(16-13-15(22)10-11-17(16)23)24-18-9-6-7-12-26(18)20/h6-7,9-14H,3-5,8H2,1-2H3,(H,25,27). The van der Waals surface area contributed by atoms with Crippen molar-refractivity contribution in [2.75, 3.05) is 5.32 Å². The third-order valence-electron chi connectivity index (χ3n) is 4.72. The summed E-state index contributed by atoms with van der Waals surface area (Å²) in [6.07, 6.45) is 5.22. The molecule has 4 nitrogen and oxygen atoms in total. The monoisotopic (exact) mass is 371 g/mol. The molecule has 0 aliphatic carbocycles. The second-order valence-electron chi connectivity index (χ2n) is 6.60. The van der Waals surface area contributed by atoms with Gasteiger partial charge in [-0.3, -0.25) is 9.20 Å². The van der Waals surface area contributed by atoms with E-state index in [1.807, 2.05) is 6.92 Å². The van der Waals surface area contributed by atoms with Crippen molar-refractivity contribution in [2.24, 2.45) is 5.92 Å². The van der Waals surface area contributed by atoms with E-state index in [9.17, 15) is 13.6 Å². The van der Waals surface area contributed by atoms with Gasteiger partial charge in [0.25, 0.3) is 0 Å². The van der Waals surface area contributed by atoms with Gasteiger partial charge in [0.05, 0.1) is 0 Å². The lowest BCUT2D eigenvalue weighted by Gasteiger charge is -2.15. The molecule has 0 aliphatic heterocycles. The highest BCUT2D eigenvalue weighted by atomic mass is 19.1. The van der Waals surface area contributed by atoms with Gasteiger partial charge in [0, 0.05) is 17.7 Å². The molecule has 2 aromatic heterocycles. The Morgan fingerprint density at radius 3 is 2.78 bits per heavy atom. The van der Waals surface area contributed by atoms with Gasteiger partial charge < -0.3 is 5.32 Å². The predicted octanol–water partition coefficient (Wildman–Crippen LogP) is 5.43. The van der Waals surface area contributed by atoms with E-state index in [-0.39, 0.29) is 23.1 Å². The zero-order chi connectivity index (χ0) is 19.4. The van der Waals surface area contributed by atoms with E-state index in [4.69, 9.17) is 0 Å². The highest BCUT2D eigenvalue weighted by molar-refractivity contribution is 5.96. The van der Waals surface area contributed by atoms with Crippen molar-refractivity contribution in [2.45, 2.75) is 39.5 Å². The Labute approximate surface area is 157 Å². The molecule has 1 unspecified atom stereocenters. The van der Waals surface area contributed by atoms with Crippen LogP contribution in [0.4, 0.5) is 14.6 Å².